The highest BCUT2D eigenvalue weighted by molar-refractivity contribution is 6.09. The van der Waals surface area contributed by atoms with Crippen molar-refractivity contribution in [1.82, 2.24) is 4.98 Å². The number of rotatable bonds is 2. The van der Waals surface area contributed by atoms with Crippen LogP contribution in [0.4, 0.5) is 5.69 Å². The van der Waals surface area contributed by atoms with Crippen LogP contribution in [-0.2, 0) is 4.74 Å². The summed E-state index contributed by atoms with van der Waals surface area (Å²) < 4.78 is 10.4. The van der Waals surface area contributed by atoms with Crippen molar-refractivity contribution >= 4 is 17.6 Å². The highest BCUT2D eigenvalue weighted by Gasteiger charge is 2.29. The first-order valence-corrected chi connectivity index (χ1v) is 7.35. The zero-order chi connectivity index (χ0) is 16.6. The quantitative estimate of drug-likeness (QED) is 0.864. The monoisotopic (exact) mass is 314 g/mol. The molecule has 1 aromatic heterocycles. The van der Waals surface area contributed by atoms with E-state index < -0.39 is 5.97 Å². The Bertz CT molecular complexity index is 779. The lowest BCUT2D eigenvalue weighted by molar-refractivity contribution is 0.0599. The Morgan fingerprint density at radius 2 is 2.00 bits per heavy atom. The lowest BCUT2D eigenvalue weighted by atomic mass is 10.1. The second-order valence-corrected chi connectivity index (χ2v) is 5.39. The van der Waals surface area contributed by atoms with Crippen molar-refractivity contribution in [2.24, 2.45) is 0 Å². The lowest BCUT2D eigenvalue weighted by Gasteiger charge is -2.29. The van der Waals surface area contributed by atoms with E-state index in [9.17, 15) is 9.59 Å². The van der Waals surface area contributed by atoms with Gasteiger partial charge in [0.15, 0.2) is 0 Å². The predicted molar refractivity (Wildman–Crippen MR) is 85.2 cm³/mol. The molecule has 3 rings (SSSR count). The Labute approximate surface area is 134 Å². The second kappa shape index (κ2) is 5.79. The minimum atomic E-state index is -0.447. The number of carbonyl (C=O) groups is 2. The molecule has 0 atom stereocenters. The fraction of sp³-hybridized carbons (Fsp3) is 0.294. The van der Waals surface area contributed by atoms with Gasteiger partial charge in [0.25, 0.3) is 5.91 Å². The number of nitrogens with one attached hydrogen (secondary N) is 1. The maximum absolute atomic E-state index is 12.9. The molecule has 0 bridgehead atoms. The average molecular weight is 314 g/mol. The Hall–Kier alpha value is -2.76. The van der Waals surface area contributed by atoms with E-state index in [4.69, 9.17) is 9.47 Å². The molecule has 1 aliphatic heterocycles. The highest BCUT2D eigenvalue weighted by Crippen LogP contribution is 2.32. The van der Waals surface area contributed by atoms with Gasteiger partial charge in [-0.3, -0.25) is 4.79 Å². The van der Waals surface area contributed by atoms with E-state index in [0.717, 1.165) is 5.69 Å². The summed E-state index contributed by atoms with van der Waals surface area (Å²) in [6.45, 7) is 4.39. The van der Waals surface area contributed by atoms with Crippen molar-refractivity contribution in [3.63, 3.8) is 0 Å². The van der Waals surface area contributed by atoms with Crippen molar-refractivity contribution in [3.8, 4) is 5.75 Å². The van der Waals surface area contributed by atoms with Crippen molar-refractivity contribution in [1.29, 1.82) is 0 Å². The number of aromatic nitrogens is 1. The number of para-hydroxylation sites is 2. The molecule has 1 N–H and O–H groups in total. The average Bonchev–Trinajstić information content (AvgIpc) is 2.87. The van der Waals surface area contributed by atoms with Gasteiger partial charge in [0, 0.05) is 5.69 Å². The minimum Gasteiger partial charge on any atom is -0.490 e. The molecule has 0 spiro atoms. The third-order valence-corrected chi connectivity index (χ3v) is 4.01. The summed E-state index contributed by atoms with van der Waals surface area (Å²) in [5, 5.41) is 0. The van der Waals surface area contributed by atoms with Crippen LogP contribution in [0.3, 0.4) is 0 Å². The van der Waals surface area contributed by atoms with E-state index in [1.54, 1.807) is 18.7 Å². The summed E-state index contributed by atoms with van der Waals surface area (Å²) in [5.41, 5.74) is 2.77. The van der Waals surface area contributed by atoms with Gasteiger partial charge in [0.05, 0.1) is 24.9 Å². The molecule has 0 saturated heterocycles. The van der Waals surface area contributed by atoms with E-state index in [-0.39, 0.29) is 5.91 Å². The minimum absolute atomic E-state index is 0.184. The Morgan fingerprint density at radius 1 is 1.26 bits per heavy atom. The first kappa shape index (κ1) is 15.1. The zero-order valence-electron chi connectivity index (χ0n) is 13.3. The van der Waals surface area contributed by atoms with Crippen LogP contribution in [0.2, 0.25) is 0 Å². The summed E-state index contributed by atoms with van der Waals surface area (Å²) in [5.74, 6) is 0.0513. The molecule has 23 heavy (non-hydrogen) atoms. The second-order valence-electron chi connectivity index (χ2n) is 5.39. The fourth-order valence-corrected chi connectivity index (χ4v) is 2.89. The number of anilines is 1. The summed E-state index contributed by atoms with van der Waals surface area (Å²) >= 11 is 0. The van der Waals surface area contributed by atoms with Gasteiger partial charge in [-0.15, -0.1) is 0 Å². The molecule has 1 amide bonds. The number of benzene rings is 1. The number of carbonyl (C=O) groups excluding carboxylic acids is 2. The molecule has 2 heterocycles. The molecule has 1 aromatic carbocycles. The van der Waals surface area contributed by atoms with Crippen LogP contribution < -0.4 is 9.64 Å². The number of aromatic amines is 1. The fourth-order valence-electron chi connectivity index (χ4n) is 2.89. The number of aryl methyl sites for hydroxylation is 1. The first-order chi connectivity index (χ1) is 11.0. The van der Waals surface area contributed by atoms with Gasteiger partial charge in [-0.2, -0.15) is 0 Å². The van der Waals surface area contributed by atoms with Crippen molar-refractivity contribution < 1.29 is 19.1 Å². The van der Waals surface area contributed by atoms with Gasteiger partial charge in [-0.25, -0.2) is 4.79 Å². The van der Waals surface area contributed by atoms with Crippen LogP contribution >= 0.6 is 0 Å². The largest absolute Gasteiger partial charge is 0.490 e. The Kier molecular flexibility index (Phi) is 3.82. The van der Waals surface area contributed by atoms with E-state index in [1.807, 2.05) is 24.3 Å². The van der Waals surface area contributed by atoms with Crippen molar-refractivity contribution in [2.75, 3.05) is 25.2 Å². The van der Waals surface area contributed by atoms with Crippen molar-refractivity contribution in [2.45, 2.75) is 13.8 Å². The highest BCUT2D eigenvalue weighted by atomic mass is 16.5. The number of H-pyrrole nitrogens is 1. The topological polar surface area (TPSA) is 71.6 Å². The van der Waals surface area contributed by atoms with Gasteiger partial charge < -0.3 is 19.4 Å². The molecule has 0 radical (unpaired) electrons. The molecular formula is C17H18N2O4. The number of hydrogen-bond donors (Lipinski definition) is 1. The molecule has 0 fully saturated rings. The Balaban J connectivity index is 2.01. The van der Waals surface area contributed by atoms with Crippen LogP contribution in [-0.4, -0.2) is 37.1 Å². The van der Waals surface area contributed by atoms with E-state index in [1.165, 1.54) is 7.11 Å². The maximum atomic E-state index is 12.9. The molecule has 0 unspecified atom stereocenters. The number of esters is 1. The number of hydrogen-bond acceptors (Lipinski definition) is 4. The molecule has 1 aliphatic rings. The summed E-state index contributed by atoms with van der Waals surface area (Å²) in [6.07, 6.45) is 0. The number of methoxy groups -OCH3 is 1. The SMILES string of the molecule is COC(=O)c1c(C)[nH]c(C(=O)N2CCOc3ccccc32)c1C. The van der Waals surface area contributed by atoms with E-state index in [0.29, 0.717) is 41.4 Å². The first-order valence-electron chi connectivity index (χ1n) is 7.35. The number of nitrogens with zero attached hydrogens (tertiary/aromatic N) is 1. The predicted octanol–water partition coefficient (Wildman–Crippen LogP) is 2.46. The van der Waals surface area contributed by atoms with Gasteiger partial charge in [0.1, 0.15) is 18.1 Å². The molecule has 6 nitrogen and oxygen atoms in total. The molecular weight excluding hydrogens is 296 g/mol. The van der Waals surface area contributed by atoms with Gasteiger partial charge >= 0.3 is 5.97 Å². The molecule has 0 aliphatic carbocycles. The van der Waals surface area contributed by atoms with Crippen LogP contribution in [0.15, 0.2) is 24.3 Å². The number of amides is 1. The van der Waals surface area contributed by atoms with Gasteiger partial charge in [-0.05, 0) is 31.5 Å². The van der Waals surface area contributed by atoms with E-state index >= 15 is 0 Å². The number of fused-ring (bicyclic) bond motifs is 1. The van der Waals surface area contributed by atoms with Crippen LogP contribution in [0.25, 0.3) is 0 Å². The Morgan fingerprint density at radius 3 is 2.74 bits per heavy atom. The molecule has 120 valence electrons. The smallest absolute Gasteiger partial charge is 0.339 e. The third-order valence-electron chi connectivity index (χ3n) is 4.01. The van der Waals surface area contributed by atoms with Gasteiger partial charge in [0.2, 0.25) is 0 Å². The normalized spacial score (nSPS) is 13.3. The van der Waals surface area contributed by atoms with Crippen molar-refractivity contribution in [3.05, 3.63) is 46.8 Å². The third kappa shape index (κ3) is 2.46. The lowest BCUT2D eigenvalue weighted by Crippen LogP contribution is -2.38. The summed E-state index contributed by atoms with van der Waals surface area (Å²) in [7, 11) is 1.33. The molecule has 0 saturated carbocycles. The van der Waals surface area contributed by atoms with Crippen LogP contribution in [0, 0.1) is 13.8 Å². The van der Waals surface area contributed by atoms with Crippen LogP contribution in [0.5, 0.6) is 5.75 Å². The number of ether oxygens (including phenoxy) is 2. The van der Waals surface area contributed by atoms with Crippen LogP contribution in [0.1, 0.15) is 32.1 Å². The molecule has 6 heteroatoms. The maximum Gasteiger partial charge on any atom is 0.339 e. The van der Waals surface area contributed by atoms with Gasteiger partial charge in [-0.1, -0.05) is 12.1 Å². The van der Waals surface area contributed by atoms with E-state index in [2.05, 4.69) is 4.98 Å². The molecule has 2 aromatic rings. The summed E-state index contributed by atoms with van der Waals surface area (Å²) in [6, 6.07) is 7.41. The standard InChI is InChI=1S/C17H18N2O4/c1-10-14(17(21)22-3)11(2)18-15(10)16(20)19-8-9-23-13-7-5-4-6-12(13)19/h4-7,18H,8-9H2,1-3H3. The summed E-state index contributed by atoms with van der Waals surface area (Å²) in [4.78, 5) is 29.5. The zero-order valence-corrected chi connectivity index (χ0v) is 13.3.